The first-order valence-electron chi connectivity index (χ1n) is 7.35. The van der Waals surface area contributed by atoms with Crippen LogP contribution < -0.4 is 0 Å². The van der Waals surface area contributed by atoms with Gasteiger partial charge in [0, 0.05) is 5.92 Å². The van der Waals surface area contributed by atoms with Gasteiger partial charge in [-0.15, -0.1) is 6.58 Å². The van der Waals surface area contributed by atoms with Gasteiger partial charge in [0.15, 0.2) is 5.78 Å². The highest BCUT2D eigenvalue weighted by Crippen LogP contribution is 2.32. The summed E-state index contributed by atoms with van der Waals surface area (Å²) >= 11 is 0. The van der Waals surface area contributed by atoms with E-state index in [9.17, 15) is 9.90 Å². The minimum atomic E-state index is -0.788. The van der Waals surface area contributed by atoms with Crippen LogP contribution in [0.2, 0.25) is 0 Å². The number of ether oxygens (including phenoxy) is 1. The van der Waals surface area contributed by atoms with Crippen LogP contribution in [0, 0.1) is 17.3 Å². The largest absolute Gasteiger partial charge is 0.498 e. The topological polar surface area (TPSA) is 46.5 Å². The maximum atomic E-state index is 12.6. The van der Waals surface area contributed by atoms with Gasteiger partial charge in [-0.1, -0.05) is 33.4 Å². The number of aliphatic hydroxyl groups is 1. The summed E-state index contributed by atoms with van der Waals surface area (Å²) in [6.45, 7) is 17.4. The summed E-state index contributed by atoms with van der Waals surface area (Å²) in [5.41, 5.74) is -0.788. The Morgan fingerprint density at radius 1 is 1.40 bits per heavy atom. The molecule has 0 saturated heterocycles. The van der Waals surface area contributed by atoms with Gasteiger partial charge in [0.25, 0.3) is 0 Å². The van der Waals surface area contributed by atoms with Crippen molar-refractivity contribution in [3.05, 3.63) is 25.0 Å². The molecule has 0 aliphatic carbocycles. The predicted molar refractivity (Wildman–Crippen MR) is 83.3 cm³/mol. The molecule has 3 heteroatoms. The first-order chi connectivity index (χ1) is 9.19. The minimum Gasteiger partial charge on any atom is -0.498 e. The molecule has 0 aliphatic rings. The summed E-state index contributed by atoms with van der Waals surface area (Å²) in [6.07, 6.45) is 2.64. The maximum Gasteiger partial charge on any atom is 0.151 e. The molecule has 0 aromatic rings. The molecule has 0 spiro atoms. The molecule has 0 heterocycles. The van der Waals surface area contributed by atoms with Crippen molar-refractivity contribution < 1.29 is 14.6 Å². The van der Waals surface area contributed by atoms with Gasteiger partial charge in [0.2, 0.25) is 0 Å². The van der Waals surface area contributed by atoms with Gasteiger partial charge in [-0.2, -0.15) is 0 Å². The van der Waals surface area contributed by atoms with Crippen molar-refractivity contribution in [1.29, 1.82) is 0 Å². The number of carbonyl (C=O) groups excluding carboxylic acids is 1. The van der Waals surface area contributed by atoms with E-state index in [2.05, 4.69) is 13.2 Å². The van der Waals surface area contributed by atoms with Gasteiger partial charge in [-0.25, -0.2) is 0 Å². The highest BCUT2D eigenvalue weighted by atomic mass is 16.5. The lowest BCUT2D eigenvalue weighted by Gasteiger charge is -2.32. The lowest BCUT2D eigenvalue weighted by molar-refractivity contribution is -0.135. The first-order valence-corrected chi connectivity index (χ1v) is 7.35. The Labute approximate surface area is 123 Å². The Morgan fingerprint density at radius 2 is 1.95 bits per heavy atom. The van der Waals surface area contributed by atoms with E-state index >= 15 is 0 Å². The molecule has 0 bridgehead atoms. The van der Waals surface area contributed by atoms with E-state index in [1.165, 1.54) is 0 Å². The van der Waals surface area contributed by atoms with Crippen LogP contribution in [0.25, 0.3) is 0 Å². The molecule has 0 radical (unpaired) electrons. The van der Waals surface area contributed by atoms with Gasteiger partial charge < -0.3 is 9.84 Å². The normalized spacial score (nSPS) is 16.1. The van der Waals surface area contributed by atoms with Crippen LogP contribution in [0.15, 0.2) is 25.0 Å². The van der Waals surface area contributed by atoms with Crippen LogP contribution in [-0.2, 0) is 9.53 Å². The monoisotopic (exact) mass is 282 g/mol. The van der Waals surface area contributed by atoms with Crippen molar-refractivity contribution in [3.8, 4) is 0 Å². The molecular weight excluding hydrogens is 252 g/mol. The Morgan fingerprint density at radius 3 is 2.40 bits per heavy atom. The molecule has 3 nitrogen and oxygen atoms in total. The van der Waals surface area contributed by atoms with Crippen LogP contribution in [-0.4, -0.2) is 23.6 Å². The number of aliphatic hydroxyl groups excluding tert-OH is 1. The van der Waals surface area contributed by atoms with Gasteiger partial charge in [0.1, 0.15) is 5.76 Å². The summed E-state index contributed by atoms with van der Waals surface area (Å²) in [4.78, 5) is 12.6. The van der Waals surface area contributed by atoms with Crippen LogP contribution in [0.4, 0.5) is 0 Å². The molecule has 0 aromatic heterocycles. The summed E-state index contributed by atoms with van der Waals surface area (Å²) in [7, 11) is 0. The molecule has 0 rings (SSSR count). The second-order valence-electron chi connectivity index (χ2n) is 6.04. The molecule has 1 N–H and O–H groups in total. The predicted octanol–water partition coefficient (Wildman–Crippen LogP) is 3.73. The quantitative estimate of drug-likeness (QED) is 0.490. The minimum absolute atomic E-state index is 0.00655. The molecule has 0 aromatic carbocycles. The van der Waals surface area contributed by atoms with Crippen molar-refractivity contribution in [1.82, 2.24) is 0 Å². The van der Waals surface area contributed by atoms with Crippen molar-refractivity contribution in [2.75, 3.05) is 6.61 Å². The van der Waals surface area contributed by atoms with E-state index in [4.69, 9.17) is 4.74 Å². The van der Waals surface area contributed by atoms with E-state index < -0.39 is 17.4 Å². The molecule has 116 valence electrons. The van der Waals surface area contributed by atoms with Gasteiger partial charge >= 0.3 is 0 Å². The third-order valence-electron chi connectivity index (χ3n) is 3.84. The number of hydrogen-bond acceptors (Lipinski definition) is 3. The van der Waals surface area contributed by atoms with Gasteiger partial charge in [-0.05, 0) is 32.6 Å². The van der Waals surface area contributed by atoms with E-state index in [1.54, 1.807) is 26.8 Å². The van der Waals surface area contributed by atoms with E-state index in [-0.39, 0.29) is 11.7 Å². The smallest absolute Gasteiger partial charge is 0.151 e. The molecule has 20 heavy (non-hydrogen) atoms. The average Bonchev–Trinajstić information content (AvgIpc) is 2.42. The van der Waals surface area contributed by atoms with Crippen molar-refractivity contribution in [2.24, 2.45) is 17.3 Å². The molecule has 3 atom stereocenters. The van der Waals surface area contributed by atoms with Crippen LogP contribution in [0.5, 0.6) is 0 Å². The average molecular weight is 282 g/mol. The lowest BCUT2D eigenvalue weighted by atomic mass is 9.76. The highest BCUT2D eigenvalue weighted by molar-refractivity contribution is 5.88. The molecular formula is C17H30O3. The Bertz CT molecular complexity index is 344. The number of rotatable bonds is 10. The number of ketones is 1. The summed E-state index contributed by atoms with van der Waals surface area (Å²) < 4.78 is 5.50. The molecule has 0 amide bonds. The molecule has 0 unspecified atom stereocenters. The molecule has 0 aliphatic heterocycles. The number of allylic oxidation sites excluding steroid dienone is 2. The Kier molecular flexibility index (Phi) is 7.80. The first kappa shape index (κ1) is 18.9. The zero-order valence-electron chi connectivity index (χ0n) is 13.6. The number of Topliss-reactive ketones (excluding diaryl/α,β-unsaturated/α-hetero) is 1. The van der Waals surface area contributed by atoms with Crippen molar-refractivity contribution >= 4 is 5.78 Å². The Hall–Kier alpha value is -1.09. The van der Waals surface area contributed by atoms with Crippen molar-refractivity contribution in [3.63, 3.8) is 0 Å². The fraction of sp³-hybridized carbons (Fsp3) is 0.706. The van der Waals surface area contributed by atoms with Gasteiger partial charge in [-0.3, -0.25) is 4.79 Å². The fourth-order valence-corrected chi connectivity index (χ4v) is 2.16. The zero-order valence-corrected chi connectivity index (χ0v) is 13.6. The van der Waals surface area contributed by atoms with E-state index in [0.29, 0.717) is 18.8 Å². The second kappa shape index (κ2) is 8.25. The molecule has 0 saturated carbocycles. The summed E-state index contributed by atoms with van der Waals surface area (Å²) in [5.74, 6) is -0.0178. The van der Waals surface area contributed by atoms with Crippen LogP contribution in [0.1, 0.15) is 47.5 Å². The van der Waals surface area contributed by atoms with Crippen LogP contribution >= 0.6 is 0 Å². The fourth-order valence-electron chi connectivity index (χ4n) is 2.16. The standard InChI is InChI=1S/C17H30O3/c1-8-10-12(3)15(18)13(4)16(19)17(6,7)14(5)20-11-9-2/h8,12-13,15,18H,1,5,9-11H2,2-4,6-7H3/t12-,13+,15-/m0/s1. The van der Waals surface area contributed by atoms with Gasteiger partial charge in [0.05, 0.1) is 18.1 Å². The van der Waals surface area contributed by atoms with E-state index in [1.807, 2.05) is 13.8 Å². The SMILES string of the molecule is C=CC[C@H](C)[C@H](O)[C@@H](C)C(=O)C(C)(C)C(=C)OCCC. The number of carbonyl (C=O) groups is 1. The third-order valence-corrected chi connectivity index (χ3v) is 3.84. The second-order valence-corrected chi connectivity index (χ2v) is 6.04. The Balaban J connectivity index is 4.85. The summed E-state index contributed by atoms with van der Waals surface area (Å²) in [6, 6.07) is 0. The van der Waals surface area contributed by atoms with Crippen LogP contribution in [0.3, 0.4) is 0 Å². The maximum absolute atomic E-state index is 12.6. The molecule has 0 fully saturated rings. The third kappa shape index (κ3) is 4.78. The van der Waals surface area contributed by atoms with E-state index in [0.717, 1.165) is 6.42 Å². The van der Waals surface area contributed by atoms with Crippen molar-refractivity contribution in [2.45, 2.75) is 53.6 Å². The highest BCUT2D eigenvalue weighted by Gasteiger charge is 2.39. The lowest BCUT2D eigenvalue weighted by Crippen LogP contribution is -2.39. The zero-order chi connectivity index (χ0) is 15.9. The number of hydrogen-bond donors (Lipinski definition) is 1. The summed E-state index contributed by atoms with van der Waals surface area (Å²) in [5, 5.41) is 10.3.